The number of carbonyl (C=O) groups is 1. The molecule has 0 aliphatic heterocycles. The zero-order valence-electron chi connectivity index (χ0n) is 11.1. The van der Waals surface area contributed by atoms with Gasteiger partial charge in [-0.25, -0.2) is 4.79 Å². The Kier molecular flexibility index (Phi) is 6.52. The monoisotopic (exact) mass is 269 g/mol. The molecule has 6 nitrogen and oxygen atoms in total. The third-order valence-electron chi connectivity index (χ3n) is 2.45. The lowest BCUT2D eigenvalue weighted by Crippen LogP contribution is -2.25. The molecule has 0 saturated heterocycles. The Morgan fingerprint density at radius 2 is 2.11 bits per heavy atom. The molecule has 106 valence electrons. The second kappa shape index (κ2) is 8.20. The maximum Gasteiger partial charge on any atom is 0.407 e. The molecule has 2 N–H and O–H groups in total. The number of aliphatic hydroxyl groups excluding tert-OH is 1. The van der Waals surface area contributed by atoms with Gasteiger partial charge in [0.1, 0.15) is 18.1 Å². The highest BCUT2D eigenvalue weighted by atomic mass is 16.5. The molecular weight excluding hydrogens is 250 g/mol. The van der Waals surface area contributed by atoms with Gasteiger partial charge in [0, 0.05) is 18.7 Å². The van der Waals surface area contributed by atoms with E-state index in [1.54, 1.807) is 32.4 Å². The maximum absolute atomic E-state index is 11.4. The summed E-state index contributed by atoms with van der Waals surface area (Å²) in [6, 6.07) is 5.27. The van der Waals surface area contributed by atoms with E-state index in [4.69, 9.17) is 19.3 Å². The van der Waals surface area contributed by atoms with Crippen molar-refractivity contribution in [2.24, 2.45) is 0 Å². The minimum absolute atomic E-state index is 0.0317. The molecule has 0 bridgehead atoms. The molecule has 19 heavy (non-hydrogen) atoms. The molecule has 0 aliphatic rings. The molecule has 6 heteroatoms. The van der Waals surface area contributed by atoms with Gasteiger partial charge in [0.2, 0.25) is 0 Å². The third-order valence-corrected chi connectivity index (χ3v) is 2.45. The van der Waals surface area contributed by atoms with E-state index in [1.807, 2.05) is 0 Å². The fourth-order valence-electron chi connectivity index (χ4n) is 1.46. The minimum Gasteiger partial charge on any atom is -0.497 e. The van der Waals surface area contributed by atoms with Crippen LogP contribution < -0.4 is 14.8 Å². The predicted molar refractivity (Wildman–Crippen MR) is 69.4 cm³/mol. The number of benzene rings is 1. The molecule has 0 atom stereocenters. The highest BCUT2D eigenvalue weighted by Crippen LogP contribution is 2.24. The molecule has 0 radical (unpaired) electrons. The molecule has 0 aliphatic carbocycles. The lowest BCUT2D eigenvalue weighted by Gasteiger charge is -2.11. The molecule has 0 unspecified atom stereocenters. The van der Waals surface area contributed by atoms with Crippen molar-refractivity contribution < 1.29 is 24.1 Å². The highest BCUT2D eigenvalue weighted by molar-refractivity contribution is 5.67. The molecule has 0 fully saturated rings. The zero-order chi connectivity index (χ0) is 14.1. The number of amides is 1. The van der Waals surface area contributed by atoms with Crippen molar-refractivity contribution in [3.8, 4) is 11.5 Å². The number of hydrogen-bond donors (Lipinski definition) is 2. The normalized spacial score (nSPS) is 9.84. The fraction of sp³-hybridized carbons (Fsp3) is 0.462. The van der Waals surface area contributed by atoms with Crippen molar-refractivity contribution in [3.63, 3.8) is 0 Å². The van der Waals surface area contributed by atoms with Gasteiger partial charge in [-0.15, -0.1) is 0 Å². The number of ether oxygens (including phenoxy) is 3. The molecule has 1 aromatic carbocycles. The number of hydrogen-bond acceptors (Lipinski definition) is 5. The number of alkyl carbamates (subject to hydrolysis) is 1. The first-order valence-corrected chi connectivity index (χ1v) is 5.93. The number of nitrogens with one attached hydrogen (secondary N) is 1. The summed E-state index contributed by atoms with van der Waals surface area (Å²) in [7, 11) is 3.11. The summed E-state index contributed by atoms with van der Waals surface area (Å²) in [5, 5.41) is 11.1. The summed E-state index contributed by atoms with van der Waals surface area (Å²) in [5.74, 6) is 1.30. The van der Waals surface area contributed by atoms with Gasteiger partial charge >= 0.3 is 6.09 Å². The largest absolute Gasteiger partial charge is 0.497 e. The van der Waals surface area contributed by atoms with Crippen LogP contribution in [0.2, 0.25) is 0 Å². The minimum atomic E-state index is -0.529. The standard InChI is InChI=1S/C13H19NO5/c1-17-11-4-5-12(18-2)10(8-11)9-19-13(16)14-6-3-7-15/h4-5,8,15H,3,6-7,9H2,1-2H3,(H,14,16). The van der Waals surface area contributed by atoms with E-state index in [0.717, 1.165) is 5.56 Å². The number of methoxy groups -OCH3 is 2. The average molecular weight is 269 g/mol. The van der Waals surface area contributed by atoms with E-state index in [1.165, 1.54) is 0 Å². The Labute approximate surface area is 112 Å². The van der Waals surface area contributed by atoms with Gasteiger partial charge in [-0.3, -0.25) is 0 Å². The van der Waals surface area contributed by atoms with Crippen LogP contribution in [0, 0.1) is 0 Å². The van der Waals surface area contributed by atoms with Crippen LogP contribution in [-0.2, 0) is 11.3 Å². The average Bonchev–Trinajstić information content (AvgIpc) is 2.45. The van der Waals surface area contributed by atoms with Crippen LogP contribution in [0.4, 0.5) is 4.79 Å². The zero-order valence-corrected chi connectivity index (χ0v) is 11.1. The Hall–Kier alpha value is -1.95. The summed E-state index contributed by atoms with van der Waals surface area (Å²) >= 11 is 0. The SMILES string of the molecule is COc1ccc(OC)c(COC(=O)NCCCO)c1. The summed E-state index contributed by atoms with van der Waals surface area (Å²) in [4.78, 5) is 11.4. The van der Waals surface area contributed by atoms with Crippen molar-refractivity contribution in [2.75, 3.05) is 27.4 Å². The Morgan fingerprint density at radius 1 is 1.32 bits per heavy atom. The quantitative estimate of drug-likeness (QED) is 0.730. The van der Waals surface area contributed by atoms with E-state index >= 15 is 0 Å². The molecule has 0 spiro atoms. The van der Waals surface area contributed by atoms with E-state index in [9.17, 15) is 4.79 Å². The van der Waals surface area contributed by atoms with Gasteiger partial charge in [-0.05, 0) is 24.6 Å². The van der Waals surface area contributed by atoms with Crippen LogP contribution in [-0.4, -0.2) is 38.6 Å². The first kappa shape index (κ1) is 15.1. The van der Waals surface area contributed by atoms with Crippen LogP contribution in [0.3, 0.4) is 0 Å². The Balaban J connectivity index is 2.53. The van der Waals surface area contributed by atoms with Crippen molar-refractivity contribution in [3.05, 3.63) is 23.8 Å². The molecule has 1 aromatic rings. The second-order valence-electron chi connectivity index (χ2n) is 3.76. The smallest absolute Gasteiger partial charge is 0.407 e. The van der Waals surface area contributed by atoms with Gasteiger partial charge in [0.15, 0.2) is 0 Å². The fourth-order valence-corrected chi connectivity index (χ4v) is 1.46. The molecule has 0 heterocycles. The number of aliphatic hydroxyl groups is 1. The van der Waals surface area contributed by atoms with Crippen LogP contribution in [0.5, 0.6) is 11.5 Å². The highest BCUT2D eigenvalue weighted by Gasteiger charge is 2.08. The Morgan fingerprint density at radius 3 is 2.74 bits per heavy atom. The van der Waals surface area contributed by atoms with Crippen molar-refractivity contribution in [2.45, 2.75) is 13.0 Å². The van der Waals surface area contributed by atoms with Gasteiger partial charge in [-0.1, -0.05) is 0 Å². The number of rotatable bonds is 7. The van der Waals surface area contributed by atoms with Crippen molar-refractivity contribution in [1.82, 2.24) is 5.32 Å². The molecule has 1 rings (SSSR count). The summed E-state index contributed by atoms with van der Waals surface area (Å²) in [6.07, 6.45) is -0.0317. The number of carbonyl (C=O) groups excluding carboxylic acids is 1. The molecule has 1 amide bonds. The van der Waals surface area contributed by atoms with Crippen molar-refractivity contribution in [1.29, 1.82) is 0 Å². The van der Waals surface area contributed by atoms with Gasteiger partial charge in [0.05, 0.1) is 14.2 Å². The van der Waals surface area contributed by atoms with E-state index < -0.39 is 6.09 Å². The summed E-state index contributed by atoms with van der Waals surface area (Å²) in [6.45, 7) is 0.500. The van der Waals surface area contributed by atoms with E-state index in [-0.39, 0.29) is 13.2 Å². The van der Waals surface area contributed by atoms with Crippen LogP contribution >= 0.6 is 0 Å². The summed E-state index contributed by atoms with van der Waals surface area (Å²) < 4.78 is 15.3. The van der Waals surface area contributed by atoms with Crippen LogP contribution in [0.15, 0.2) is 18.2 Å². The summed E-state index contributed by atoms with van der Waals surface area (Å²) in [5.41, 5.74) is 0.721. The lowest BCUT2D eigenvalue weighted by atomic mass is 10.2. The molecule has 0 saturated carbocycles. The predicted octanol–water partition coefficient (Wildman–Crippen LogP) is 1.31. The molecular formula is C13H19NO5. The van der Waals surface area contributed by atoms with Crippen molar-refractivity contribution >= 4 is 6.09 Å². The first-order chi connectivity index (χ1) is 9.21. The van der Waals surface area contributed by atoms with Crippen LogP contribution in [0.1, 0.15) is 12.0 Å². The van der Waals surface area contributed by atoms with Gasteiger partial charge in [-0.2, -0.15) is 0 Å². The maximum atomic E-state index is 11.4. The van der Waals surface area contributed by atoms with Gasteiger partial charge < -0.3 is 24.6 Å². The van der Waals surface area contributed by atoms with E-state index in [0.29, 0.717) is 24.5 Å². The topological polar surface area (TPSA) is 77.0 Å². The lowest BCUT2D eigenvalue weighted by molar-refractivity contribution is 0.137. The molecule has 0 aromatic heterocycles. The van der Waals surface area contributed by atoms with Gasteiger partial charge in [0.25, 0.3) is 0 Å². The van der Waals surface area contributed by atoms with Crippen LogP contribution in [0.25, 0.3) is 0 Å². The third kappa shape index (κ3) is 5.05. The Bertz CT molecular complexity index is 408. The van der Waals surface area contributed by atoms with E-state index in [2.05, 4.69) is 5.32 Å². The second-order valence-corrected chi connectivity index (χ2v) is 3.76. The first-order valence-electron chi connectivity index (χ1n) is 5.93.